The topological polar surface area (TPSA) is 54.2 Å². The summed E-state index contributed by atoms with van der Waals surface area (Å²) < 4.78 is 0. The van der Waals surface area contributed by atoms with Crippen molar-refractivity contribution >= 4 is 22.3 Å². The minimum Gasteiger partial charge on any atom is -0.397 e. The van der Waals surface area contributed by atoms with Crippen molar-refractivity contribution in [2.45, 2.75) is 6.42 Å². The van der Waals surface area contributed by atoms with Crippen molar-refractivity contribution in [2.75, 3.05) is 37.8 Å². The molecule has 0 saturated heterocycles. The highest BCUT2D eigenvalue weighted by molar-refractivity contribution is 5.98. The summed E-state index contributed by atoms with van der Waals surface area (Å²) in [7, 11) is 4.08. The van der Waals surface area contributed by atoms with Crippen LogP contribution in [-0.2, 0) is 0 Å². The minimum atomic E-state index is 0.734. The van der Waals surface area contributed by atoms with Crippen LogP contribution in [0.4, 0.5) is 11.4 Å². The van der Waals surface area contributed by atoms with Gasteiger partial charge in [-0.25, -0.2) is 0 Å². The normalized spacial score (nSPS) is 10.8. The highest BCUT2D eigenvalue weighted by Crippen LogP contribution is 2.28. The molecule has 0 radical (unpaired) electrons. The zero-order valence-corrected chi connectivity index (χ0v) is 11.0. The fraction of sp³-hybridized carbons (Fsp3) is 0.357. The lowest BCUT2D eigenvalue weighted by molar-refractivity contribution is 0.714. The molecule has 1 aromatic carbocycles. The molecule has 0 saturated carbocycles. The van der Waals surface area contributed by atoms with Gasteiger partial charge in [-0.15, -0.1) is 0 Å². The molecule has 2 aromatic rings. The van der Waals surface area contributed by atoms with Gasteiger partial charge >= 0.3 is 0 Å². The average molecular weight is 244 g/mol. The standard InChI is InChI=1S/C14H20N4/c1-16-8-4-10-18(2)13-7-6-12(15)14-11(13)5-3-9-17-14/h3,5-7,9,16H,4,8,10,15H2,1-2H3. The fourth-order valence-corrected chi connectivity index (χ4v) is 2.13. The number of rotatable bonds is 5. The van der Waals surface area contributed by atoms with Crippen LogP contribution in [0.5, 0.6) is 0 Å². The van der Waals surface area contributed by atoms with Gasteiger partial charge in [0.1, 0.15) is 0 Å². The van der Waals surface area contributed by atoms with Gasteiger partial charge < -0.3 is 16.0 Å². The Kier molecular flexibility index (Phi) is 3.99. The Morgan fingerprint density at radius 2 is 2.17 bits per heavy atom. The van der Waals surface area contributed by atoms with Crippen LogP contribution in [0, 0.1) is 0 Å². The molecular weight excluding hydrogens is 224 g/mol. The molecule has 18 heavy (non-hydrogen) atoms. The smallest absolute Gasteiger partial charge is 0.0951 e. The van der Waals surface area contributed by atoms with Gasteiger partial charge in [-0.3, -0.25) is 4.98 Å². The molecule has 0 atom stereocenters. The van der Waals surface area contributed by atoms with E-state index in [1.165, 1.54) is 5.69 Å². The quantitative estimate of drug-likeness (QED) is 0.622. The van der Waals surface area contributed by atoms with E-state index in [0.717, 1.165) is 36.1 Å². The van der Waals surface area contributed by atoms with Crippen molar-refractivity contribution in [1.29, 1.82) is 0 Å². The van der Waals surface area contributed by atoms with E-state index in [4.69, 9.17) is 5.73 Å². The lowest BCUT2D eigenvalue weighted by Crippen LogP contribution is -2.22. The molecule has 0 spiro atoms. The van der Waals surface area contributed by atoms with Gasteiger partial charge in [-0.2, -0.15) is 0 Å². The first-order valence-electron chi connectivity index (χ1n) is 6.23. The first-order chi connectivity index (χ1) is 8.74. The number of pyridine rings is 1. The van der Waals surface area contributed by atoms with Gasteiger partial charge in [0.25, 0.3) is 0 Å². The van der Waals surface area contributed by atoms with E-state index in [1.54, 1.807) is 6.20 Å². The Balaban J connectivity index is 2.30. The first kappa shape index (κ1) is 12.6. The summed E-state index contributed by atoms with van der Waals surface area (Å²) in [5.41, 5.74) is 8.76. The summed E-state index contributed by atoms with van der Waals surface area (Å²) in [6, 6.07) is 8.02. The number of nitrogen functional groups attached to an aromatic ring is 1. The molecule has 0 aliphatic carbocycles. The number of nitrogens with two attached hydrogens (primary N) is 1. The van der Waals surface area contributed by atoms with Crippen LogP contribution in [0.15, 0.2) is 30.5 Å². The number of nitrogens with one attached hydrogen (secondary N) is 1. The highest BCUT2D eigenvalue weighted by Gasteiger charge is 2.08. The SMILES string of the molecule is CNCCCN(C)c1ccc(N)c2ncccc12. The molecule has 1 aromatic heterocycles. The van der Waals surface area contributed by atoms with Gasteiger partial charge in [-0.1, -0.05) is 0 Å². The van der Waals surface area contributed by atoms with Crippen LogP contribution in [0.1, 0.15) is 6.42 Å². The van der Waals surface area contributed by atoms with E-state index in [9.17, 15) is 0 Å². The third kappa shape index (κ3) is 2.54. The monoisotopic (exact) mass is 244 g/mol. The zero-order chi connectivity index (χ0) is 13.0. The van der Waals surface area contributed by atoms with Crippen molar-refractivity contribution in [3.63, 3.8) is 0 Å². The van der Waals surface area contributed by atoms with Crippen molar-refractivity contribution in [3.8, 4) is 0 Å². The Hall–Kier alpha value is -1.81. The van der Waals surface area contributed by atoms with Crippen LogP contribution >= 0.6 is 0 Å². The third-order valence-electron chi connectivity index (χ3n) is 3.11. The molecule has 0 aliphatic heterocycles. The summed E-state index contributed by atoms with van der Waals surface area (Å²) in [6.45, 7) is 2.03. The lowest BCUT2D eigenvalue weighted by atomic mass is 10.1. The van der Waals surface area contributed by atoms with Crippen LogP contribution in [0.2, 0.25) is 0 Å². The van der Waals surface area contributed by atoms with Crippen molar-refractivity contribution in [1.82, 2.24) is 10.3 Å². The third-order valence-corrected chi connectivity index (χ3v) is 3.11. The molecule has 0 amide bonds. The van der Waals surface area contributed by atoms with Gasteiger partial charge in [0.05, 0.1) is 11.2 Å². The molecule has 1 heterocycles. The molecule has 2 rings (SSSR count). The average Bonchev–Trinajstić information content (AvgIpc) is 2.39. The Labute approximate surface area is 108 Å². The van der Waals surface area contributed by atoms with E-state index in [0.29, 0.717) is 0 Å². The second-order valence-corrected chi connectivity index (χ2v) is 4.45. The molecule has 0 aliphatic rings. The van der Waals surface area contributed by atoms with Gasteiger partial charge in [0, 0.05) is 30.9 Å². The lowest BCUT2D eigenvalue weighted by Gasteiger charge is -2.21. The van der Waals surface area contributed by atoms with Gasteiger partial charge in [0.15, 0.2) is 0 Å². The fourth-order valence-electron chi connectivity index (χ4n) is 2.13. The summed E-state index contributed by atoms with van der Waals surface area (Å²) in [5.74, 6) is 0. The molecule has 0 bridgehead atoms. The van der Waals surface area contributed by atoms with E-state index < -0.39 is 0 Å². The maximum atomic E-state index is 5.96. The summed E-state index contributed by atoms with van der Waals surface area (Å²) in [5, 5.41) is 4.28. The summed E-state index contributed by atoms with van der Waals surface area (Å²) in [6.07, 6.45) is 2.89. The van der Waals surface area contributed by atoms with Gasteiger partial charge in [0.2, 0.25) is 0 Å². The van der Waals surface area contributed by atoms with Crippen molar-refractivity contribution < 1.29 is 0 Å². The number of fused-ring (bicyclic) bond motifs is 1. The van der Waals surface area contributed by atoms with Crippen LogP contribution in [0.25, 0.3) is 10.9 Å². The van der Waals surface area contributed by atoms with Crippen molar-refractivity contribution in [2.24, 2.45) is 0 Å². The summed E-state index contributed by atoms with van der Waals surface area (Å²) in [4.78, 5) is 6.61. The Bertz CT molecular complexity index is 524. The van der Waals surface area contributed by atoms with Crippen LogP contribution in [-0.4, -0.2) is 32.2 Å². The molecule has 4 nitrogen and oxygen atoms in total. The number of aromatic nitrogens is 1. The Morgan fingerprint density at radius 1 is 1.33 bits per heavy atom. The maximum Gasteiger partial charge on any atom is 0.0951 e. The second-order valence-electron chi connectivity index (χ2n) is 4.45. The second kappa shape index (κ2) is 5.69. The summed E-state index contributed by atoms with van der Waals surface area (Å²) >= 11 is 0. The van der Waals surface area contributed by atoms with E-state index in [-0.39, 0.29) is 0 Å². The minimum absolute atomic E-state index is 0.734. The number of hydrogen-bond donors (Lipinski definition) is 2. The molecular formula is C14H20N4. The molecule has 4 heteroatoms. The number of nitrogens with zero attached hydrogens (tertiary/aromatic N) is 2. The van der Waals surface area contributed by atoms with E-state index in [2.05, 4.69) is 34.4 Å². The van der Waals surface area contributed by atoms with Crippen LogP contribution in [0.3, 0.4) is 0 Å². The van der Waals surface area contributed by atoms with E-state index >= 15 is 0 Å². The first-order valence-corrected chi connectivity index (χ1v) is 6.23. The molecule has 96 valence electrons. The maximum absolute atomic E-state index is 5.96. The molecule has 0 fully saturated rings. The van der Waals surface area contributed by atoms with E-state index in [1.807, 2.05) is 19.2 Å². The predicted octanol–water partition coefficient (Wildman–Crippen LogP) is 1.86. The molecule has 3 N–H and O–H groups in total. The largest absolute Gasteiger partial charge is 0.397 e. The number of benzene rings is 1. The highest BCUT2D eigenvalue weighted by atomic mass is 15.1. The Morgan fingerprint density at radius 3 is 2.94 bits per heavy atom. The number of anilines is 2. The zero-order valence-electron chi connectivity index (χ0n) is 11.0. The predicted molar refractivity (Wildman–Crippen MR) is 78.0 cm³/mol. The number of hydrogen-bond acceptors (Lipinski definition) is 4. The molecule has 0 unspecified atom stereocenters. The van der Waals surface area contributed by atoms with Gasteiger partial charge in [-0.05, 0) is 44.3 Å². The van der Waals surface area contributed by atoms with Crippen LogP contribution < -0.4 is 16.0 Å². The van der Waals surface area contributed by atoms with Crippen molar-refractivity contribution in [3.05, 3.63) is 30.5 Å².